The molecule has 0 unspecified atom stereocenters. The Kier molecular flexibility index (Phi) is 3.28. The van der Waals surface area contributed by atoms with E-state index in [1.165, 1.54) is 13.8 Å². The van der Waals surface area contributed by atoms with E-state index in [1.807, 2.05) is 0 Å². The Balaban J connectivity index is 2.00. The third-order valence-electron chi connectivity index (χ3n) is 2.82. The van der Waals surface area contributed by atoms with Crippen molar-refractivity contribution in [1.82, 2.24) is 0 Å². The molecule has 0 aromatic heterocycles. The maximum Gasteiger partial charge on any atom is 0.255 e. The zero-order chi connectivity index (χ0) is 13.6. The number of hydrogen-bond donors (Lipinski definition) is 1. The lowest BCUT2D eigenvalue weighted by molar-refractivity contribution is -0.282. The zero-order valence-corrected chi connectivity index (χ0v) is 11.2. The Labute approximate surface area is 106 Å². The van der Waals surface area contributed by atoms with Crippen LogP contribution in [0, 0.1) is 0 Å². The fraction of sp³-hybridized carbons (Fsp3) is 0.917. The topological polar surface area (TPSA) is 74.2 Å². The van der Waals surface area contributed by atoms with Gasteiger partial charge in [0.15, 0.2) is 17.4 Å². The van der Waals surface area contributed by atoms with Gasteiger partial charge in [0.05, 0.1) is 12.7 Å². The molecule has 6 nitrogen and oxygen atoms in total. The van der Waals surface area contributed by atoms with Crippen molar-refractivity contribution in [3.05, 3.63) is 0 Å². The summed E-state index contributed by atoms with van der Waals surface area (Å²) in [5.74, 6) is -3.62. The molecule has 1 spiro atoms. The Morgan fingerprint density at radius 3 is 2.50 bits per heavy atom. The molecule has 2 aliphatic heterocycles. The van der Waals surface area contributed by atoms with Crippen LogP contribution in [0.2, 0.25) is 0 Å². The number of aliphatic hydroxyl groups is 1. The molecule has 6 heteroatoms. The molecule has 0 amide bonds. The summed E-state index contributed by atoms with van der Waals surface area (Å²) in [7, 11) is 0. The fourth-order valence-electron chi connectivity index (χ4n) is 2.15. The molecule has 2 heterocycles. The minimum absolute atomic E-state index is 0.0913. The lowest BCUT2D eigenvalue weighted by Crippen LogP contribution is -2.53. The van der Waals surface area contributed by atoms with Crippen LogP contribution in [-0.4, -0.2) is 47.6 Å². The van der Waals surface area contributed by atoms with Crippen LogP contribution in [0.1, 0.15) is 34.1 Å². The summed E-state index contributed by atoms with van der Waals surface area (Å²) in [6.07, 6.45) is -0.320. The normalized spacial score (nSPS) is 36.3. The predicted octanol–water partition coefficient (Wildman–Crippen LogP) is 0.569. The van der Waals surface area contributed by atoms with Gasteiger partial charge in [0.2, 0.25) is 0 Å². The van der Waals surface area contributed by atoms with Crippen molar-refractivity contribution in [3.8, 4) is 0 Å². The summed E-state index contributed by atoms with van der Waals surface area (Å²) in [5.41, 5.74) is 0. The molecular formula is C12H20O6. The molecule has 0 aromatic carbocycles. The van der Waals surface area contributed by atoms with E-state index >= 15 is 0 Å². The van der Waals surface area contributed by atoms with Gasteiger partial charge >= 0.3 is 0 Å². The van der Waals surface area contributed by atoms with E-state index in [0.29, 0.717) is 0 Å². The van der Waals surface area contributed by atoms with Gasteiger partial charge in [-0.3, -0.25) is 4.79 Å². The molecule has 1 N–H and O–H groups in total. The van der Waals surface area contributed by atoms with E-state index in [-0.39, 0.29) is 25.4 Å². The largest absolute Gasteiger partial charge is 0.366 e. The first kappa shape index (κ1) is 13.9. The number of rotatable bonds is 2. The summed E-state index contributed by atoms with van der Waals surface area (Å²) in [4.78, 5) is 12.1. The third kappa shape index (κ3) is 2.89. The average molecular weight is 260 g/mol. The van der Waals surface area contributed by atoms with Crippen molar-refractivity contribution in [2.45, 2.75) is 57.6 Å². The summed E-state index contributed by atoms with van der Waals surface area (Å²) in [6, 6.07) is 0. The highest BCUT2D eigenvalue weighted by Crippen LogP contribution is 2.36. The molecule has 0 radical (unpaired) electrons. The standard InChI is InChI=1S/C12H20O6/c1-10(2,14)17-8-5-9(13)12(15-6-8)7-16-11(3,4)18-12/h8,14H,5-7H2,1-4H3/t8-,12-/m0/s1. The van der Waals surface area contributed by atoms with E-state index in [9.17, 15) is 9.90 Å². The van der Waals surface area contributed by atoms with Gasteiger partial charge in [-0.15, -0.1) is 0 Å². The van der Waals surface area contributed by atoms with Gasteiger partial charge < -0.3 is 24.1 Å². The fourth-order valence-corrected chi connectivity index (χ4v) is 2.15. The van der Waals surface area contributed by atoms with Crippen LogP contribution in [0.5, 0.6) is 0 Å². The Bertz CT molecular complexity index is 345. The van der Waals surface area contributed by atoms with Gasteiger partial charge in [0.1, 0.15) is 6.61 Å². The molecule has 0 saturated carbocycles. The van der Waals surface area contributed by atoms with Gasteiger partial charge in [-0.25, -0.2) is 0 Å². The van der Waals surface area contributed by atoms with Gasteiger partial charge in [-0.2, -0.15) is 0 Å². The maximum atomic E-state index is 12.1. The molecule has 2 saturated heterocycles. The van der Waals surface area contributed by atoms with Crippen molar-refractivity contribution in [3.63, 3.8) is 0 Å². The van der Waals surface area contributed by atoms with E-state index in [2.05, 4.69) is 0 Å². The van der Waals surface area contributed by atoms with Crippen LogP contribution in [0.25, 0.3) is 0 Å². The van der Waals surface area contributed by atoms with Gasteiger partial charge in [-0.05, 0) is 27.7 Å². The smallest absolute Gasteiger partial charge is 0.255 e. The SMILES string of the molecule is CC(C)(O)O[C@@H]1CO[C@]2(COC(C)(C)O2)C(=O)C1. The molecule has 2 rings (SSSR count). The molecule has 0 bridgehead atoms. The lowest BCUT2D eigenvalue weighted by atomic mass is 10.0. The first-order valence-electron chi connectivity index (χ1n) is 6.04. The van der Waals surface area contributed by atoms with Crippen molar-refractivity contribution in [1.29, 1.82) is 0 Å². The zero-order valence-electron chi connectivity index (χ0n) is 11.2. The van der Waals surface area contributed by atoms with E-state index in [4.69, 9.17) is 18.9 Å². The molecule has 2 fully saturated rings. The van der Waals surface area contributed by atoms with Crippen molar-refractivity contribution >= 4 is 5.78 Å². The first-order chi connectivity index (χ1) is 8.12. The summed E-state index contributed by atoms with van der Waals surface area (Å²) < 4.78 is 21.8. The van der Waals surface area contributed by atoms with Crippen LogP contribution in [-0.2, 0) is 23.7 Å². The summed E-state index contributed by atoms with van der Waals surface area (Å²) >= 11 is 0. The van der Waals surface area contributed by atoms with Crippen molar-refractivity contribution in [2.24, 2.45) is 0 Å². The number of hydrogen-bond acceptors (Lipinski definition) is 6. The van der Waals surface area contributed by atoms with E-state index < -0.39 is 23.5 Å². The second-order valence-electron chi connectivity index (χ2n) is 5.67. The monoisotopic (exact) mass is 260 g/mol. The summed E-state index contributed by atoms with van der Waals surface area (Å²) in [5, 5.41) is 9.55. The predicted molar refractivity (Wildman–Crippen MR) is 60.6 cm³/mol. The van der Waals surface area contributed by atoms with Crippen LogP contribution in [0.4, 0.5) is 0 Å². The summed E-state index contributed by atoms with van der Waals surface area (Å²) in [6.45, 7) is 6.78. The molecule has 104 valence electrons. The van der Waals surface area contributed by atoms with Gasteiger partial charge in [0, 0.05) is 6.42 Å². The third-order valence-corrected chi connectivity index (χ3v) is 2.82. The number of Topliss-reactive ketones (excluding diaryl/α,β-unsaturated/α-hetero) is 1. The molecular weight excluding hydrogens is 240 g/mol. The Morgan fingerprint density at radius 1 is 1.39 bits per heavy atom. The van der Waals surface area contributed by atoms with Gasteiger partial charge in [-0.1, -0.05) is 0 Å². The van der Waals surface area contributed by atoms with Crippen LogP contribution in [0.3, 0.4) is 0 Å². The number of ether oxygens (including phenoxy) is 4. The van der Waals surface area contributed by atoms with Crippen molar-refractivity contribution in [2.75, 3.05) is 13.2 Å². The molecule has 0 aromatic rings. The Morgan fingerprint density at radius 2 is 2.06 bits per heavy atom. The Hall–Kier alpha value is -0.530. The van der Waals surface area contributed by atoms with Crippen LogP contribution < -0.4 is 0 Å². The molecule has 18 heavy (non-hydrogen) atoms. The molecule has 2 atom stereocenters. The lowest BCUT2D eigenvalue weighted by Gasteiger charge is -2.36. The number of carbonyl (C=O) groups is 1. The first-order valence-corrected chi connectivity index (χ1v) is 6.04. The van der Waals surface area contributed by atoms with Crippen LogP contribution in [0.15, 0.2) is 0 Å². The van der Waals surface area contributed by atoms with Gasteiger partial charge in [0.25, 0.3) is 5.79 Å². The number of ketones is 1. The minimum Gasteiger partial charge on any atom is -0.366 e. The van der Waals surface area contributed by atoms with Crippen LogP contribution >= 0.6 is 0 Å². The van der Waals surface area contributed by atoms with E-state index in [1.54, 1.807) is 13.8 Å². The maximum absolute atomic E-state index is 12.1. The van der Waals surface area contributed by atoms with Crippen molar-refractivity contribution < 1.29 is 28.8 Å². The highest BCUT2D eigenvalue weighted by Gasteiger charge is 2.55. The second kappa shape index (κ2) is 4.25. The highest BCUT2D eigenvalue weighted by molar-refractivity contribution is 5.87. The van der Waals surface area contributed by atoms with E-state index in [0.717, 1.165) is 0 Å². The second-order valence-corrected chi connectivity index (χ2v) is 5.67. The quantitative estimate of drug-likeness (QED) is 0.732. The molecule has 2 aliphatic rings. The highest BCUT2D eigenvalue weighted by atomic mass is 16.8. The number of carbonyl (C=O) groups excluding carboxylic acids is 1. The minimum atomic E-state index is -1.30. The average Bonchev–Trinajstić information content (AvgIpc) is 2.48. The molecule has 0 aliphatic carbocycles.